The quantitative estimate of drug-likeness (QED) is 0.266. The summed E-state index contributed by atoms with van der Waals surface area (Å²) in [5.74, 6) is -2.96. The van der Waals surface area contributed by atoms with E-state index in [9.17, 15) is 19.2 Å². The second-order valence-corrected chi connectivity index (χ2v) is 7.81. The van der Waals surface area contributed by atoms with Crippen LogP contribution in [0, 0.1) is 0 Å². The maximum atomic E-state index is 13.3. The lowest BCUT2D eigenvalue weighted by Gasteiger charge is -2.29. The molecular formula is C23H32N2O6. The van der Waals surface area contributed by atoms with Crippen LogP contribution in [-0.2, 0) is 23.9 Å². The van der Waals surface area contributed by atoms with Crippen LogP contribution in [-0.4, -0.2) is 42.4 Å². The van der Waals surface area contributed by atoms with Crippen LogP contribution in [0.1, 0.15) is 81.1 Å². The highest BCUT2D eigenvalue weighted by Gasteiger charge is 2.51. The number of ketones is 1. The lowest BCUT2D eigenvalue weighted by molar-refractivity contribution is -0.167. The summed E-state index contributed by atoms with van der Waals surface area (Å²) in [5, 5.41) is 2.31. The van der Waals surface area contributed by atoms with Gasteiger partial charge in [0, 0.05) is 18.2 Å². The lowest BCUT2D eigenvalue weighted by atomic mass is 9.82. The number of hydrogen-bond acceptors (Lipinski definition) is 7. The van der Waals surface area contributed by atoms with Crippen LogP contribution in [0.5, 0.6) is 0 Å². The van der Waals surface area contributed by atoms with E-state index in [0.29, 0.717) is 5.92 Å². The number of esters is 2. The highest BCUT2D eigenvalue weighted by atomic mass is 16.6. The number of ether oxygens (including phenoxy) is 2. The molecule has 1 aliphatic carbocycles. The topological polar surface area (TPSA) is 125 Å². The minimum Gasteiger partial charge on any atom is -0.464 e. The molecule has 0 aromatic heterocycles. The van der Waals surface area contributed by atoms with Crippen LogP contribution in [0.2, 0.25) is 0 Å². The summed E-state index contributed by atoms with van der Waals surface area (Å²) in [6.07, 6.45) is 4.90. The summed E-state index contributed by atoms with van der Waals surface area (Å²) in [5.41, 5.74) is 5.26. The van der Waals surface area contributed by atoms with Crippen molar-refractivity contribution in [2.45, 2.75) is 70.8 Å². The Morgan fingerprint density at radius 1 is 1.03 bits per heavy atom. The summed E-state index contributed by atoms with van der Waals surface area (Å²) >= 11 is 0. The lowest BCUT2D eigenvalue weighted by Crippen LogP contribution is -2.62. The molecule has 1 fully saturated rings. The van der Waals surface area contributed by atoms with Gasteiger partial charge in [0.1, 0.15) is 0 Å². The van der Waals surface area contributed by atoms with E-state index in [-0.39, 0.29) is 24.5 Å². The van der Waals surface area contributed by atoms with Gasteiger partial charge in [-0.3, -0.25) is 9.59 Å². The van der Waals surface area contributed by atoms with Crippen molar-refractivity contribution < 1.29 is 28.7 Å². The fourth-order valence-corrected chi connectivity index (χ4v) is 4.02. The fraction of sp³-hybridized carbons (Fsp3) is 0.565. The van der Waals surface area contributed by atoms with Gasteiger partial charge in [0.2, 0.25) is 11.4 Å². The number of nitrogens with one attached hydrogen (secondary N) is 1. The third kappa shape index (κ3) is 5.83. The average molecular weight is 433 g/mol. The molecule has 0 heterocycles. The largest absolute Gasteiger partial charge is 0.464 e. The number of rotatable bonds is 9. The summed E-state index contributed by atoms with van der Waals surface area (Å²) in [7, 11) is 0. The Morgan fingerprint density at radius 2 is 1.61 bits per heavy atom. The molecule has 0 aliphatic heterocycles. The molecule has 0 radical (unpaired) electrons. The number of anilines is 1. The zero-order valence-corrected chi connectivity index (χ0v) is 18.5. The van der Waals surface area contributed by atoms with E-state index >= 15 is 0 Å². The van der Waals surface area contributed by atoms with Crippen LogP contribution in [0.25, 0.3) is 0 Å². The first kappa shape index (κ1) is 24.4. The Labute approximate surface area is 182 Å². The zero-order valence-electron chi connectivity index (χ0n) is 18.5. The predicted molar refractivity (Wildman–Crippen MR) is 115 cm³/mol. The SMILES string of the molecule is CCOC(=O)C(CC(=O)c1cc(C2CCCCC2)ccc1N)(NC(C)=O)C(=O)OCC. The molecule has 8 heteroatoms. The third-order valence-corrected chi connectivity index (χ3v) is 5.52. The summed E-state index contributed by atoms with van der Waals surface area (Å²) < 4.78 is 10.0. The Bertz CT molecular complexity index is 811. The number of Topliss-reactive ketones (excluding diaryl/α,β-unsaturated/α-hetero) is 1. The van der Waals surface area contributed by atoms with Crippen LogP contribution in [0.15, 0.2) is 18.2 Å². The van der Waals surface area contributed by atoms with Gasteiger partial charge in [-0.15, -0.1) is 0 Å². The predicted octanol–water partition coefficient (Wildman–Crippen LogP) is 2.89. The number of hydrogen-bond donors (Lipinski definition) is 2. The number of nitrogen functional groups attached to an aromatic ring is 1. The summed E-state index contributed by atoms with van der Waals surface area (Å²) in [6.45, 7) is 4.21. The molecule has 0 atom stereocenters. The molecule has 1 saturated carbocycles. The van der Waals surface area contributed by atoms with Crippen LogP contribution >= 0.6 is 0 Å². The fourth-order valence-electron chi connectivity index (χ4n) is 4.02. The maximum absolute atomic E-state index is 13.3. The number of nitrogens with two attached hydrogens (primary N) is 1. The standard InChI is InChI=1S/C23H32N2O6/c1-4-30-21(28)23(25-15(3)26,22(29)31-5-2)14-20(27)18-13-17(11-12-19(18)24)16-9-7-6-8-10-16/h11-13,16H,4-10,14,24H2,1-3H3,(H,25,26). The van der Waals surface area contributed by atoms with Crippen molar-refractivity contribution in [3.63, 3.8) is 0 Å². The molecule has 1 amide bonds. The van der Waals surface area contributed by atoms with Gasteiger partial charge < -0.3 is 20.5 Å². The molecule has 1 aliphatic rings. The van der Waals surface area contributed by atoms with E-state index in [4.69, 9.17) is 15.2 Å². The maximum Gasteiger partial charge on any atom is 0.344 e. The van der Waals surface area contributed by atoms with Gasteiger partial charge in [-0.1, -0.05) is 25.3 Å². The molecule has 0 unspecified atom stereocenters. The van der Waals surface area contributed by atoms with E-state index in [1.54, 1.807) is 26.0 Å². The van der Waals surface area contributed by atoms with Crippen molar-refractivity contribution in [3.05, 3.63) is 29.3 Å². The van der Waals surface area contributed by atoms with Gasteiger partial charge in [-0.05, 0) is 50.3 Å². The van der Waals surface area contributed by atoms with E-state index in [1.807, 2.05) is 6.07 Å². The van der Waals surface area contributed by atoms with Crippen molar-refractivity contribution in [2.24, 2.45) is 0 Å². The monoisotopic (exact) mass is 432 g/mol. The summed E-state index contributed by atoms with van der Waals surface area (Å²) in [6, 6.07) is 5.33. The molecule has 1 aromatic rings. The minimum absolute atomic E-state index is 0.0347. The Balaban J connectivity index is 2.43. The van der Waals surface area contributed by atoms with Gasteiger partial charge in [-0.25, -0.2) is 9.59 Å². The second-order valence-electron chi connectivity index (χ2n) is 7.81. The molecule has 31 heavy (non-hydrogen) atoms. The van der Waals surface area contributed by atoms with Crippen LogP contribution < -0.4 is 11.1 Å². The second kappa shape index (κ2) is 10.9. The number of carbonyl (C=O) groups excluding carboxylic acids is 4. The van der Waals surface area contributed by atoms with E-state index < -0.39 is 35.6 Å². The van der Waals surface area contributed by atoms with Crippen LogP contribution in [0.4, 0.5) is 5.69 Å². The smallest absolute Gasteiger partial charge is 0.344 e. The Hall–Kier alpha value is -2.90. The minimum atomic E-state index is -2.28. The number of amides is 1. The number of carbonyl (C=O) groups is 4. The molecule has 0 bridgehead atoms. The number of benzene rings is 1. The van der Waals surface area contributed by atoms with E-state index in [1.165, 1.54) is 6.42 Å². The van der Waals surface area contributed by atoms with E-state index in [0.717, 1.165) is 38.2 Å². The van der Waals surface area contributed by atoms with E-state index in [2.05, 4.69) is 5.32 Å². The van der Waals surface area contributed by atoms with Crippen molar-refractivity contribution >= 4 is 29.3 Å². The molecule has 170 valence electrons. The van der Waals surface area contributed by atoms with Gasteiger partial charge in [-0.2, -0.15) is 0 Å². The third-order valence-electron chi connectivity index (χ3n) is 5.52. The highest BCUT2D eigenvalue weighted by molar-refractivity contribution is 6.14. The first-order chi connectivity index (χ1) is 14.7. The molecule has 1 aromatic carbocycles. The molecule has 3 N–H and O–H groups in total. The van der Waals surface area contributed by atoms with Gasteiger partial charge >= 0.3 is 11.9 Å². The molecular weight excluding hydrogens is 400 g/mol. The van der Waals surface area contributed by atoms with Gasteiger partial charge in [0.25, 0.3) is 0 Å². The van der Waals surface area contributed by atoms with Gasteiger partial charge in [0.05, 0.1) is 19.6 Å². The zero-order chi connectivity index (χ0) is 23.0. The normalized spacial score (nSPS) is 14.5. The first-order valence-electron chi connectivity index (χ1n) is 10.8. The van der Waals surface area contributed by atoms with Crippen molar-refractivity contribution in [2.75, 3.05) is 18.9 Å². The van der Waals surface area contributed by atoms with Gasteiger partial charge in [0.15, 0.2) is 5.78 Å². The Morgan fingerprint density at radius 3 is 2.13 bits per heavy atom. The molecule has 0 spiro atoms. The molecule has 2 rings (SSSR count). The van der Waals surface area contributed by atoms with Crippen LogP contribution in [0.3, 0.4) is 0 Å². The molecule has 0 saturated heterocycles. The average Bonchev–Trinajstić information content (AvgIpc) is 2.74. The van der Waals surface area contributed by atoms with Crippen molar-refractivity contribution in [1.82, 2.24) is 5.32 Å². The van der Waals surface area contributed by atoms with Crippen molar-refractivity contribution in [3.8, 4) is 0 Å². The summed E-state index contributed by atoms with van der Waals surface area (Å²) in [4.78, 5) is 50.7. The Kier molecular flexibility index (Phi) is 8.59. The highest BCUT2D eigenvalue weighted by Crippen LogP contribution is 2.34. The first-order valence-corrected chi connectivity index (χ1v) is 10.8. The van der Waals surface area contributed by atoms with Crippen molar-refractivity contribution in [1.29, 1.82) is 0 Å². The molecule has 8 nitrogen and oxygen atoms in total.